The van der Waals surface area contributed by atoms with E-state index in [0.29, 0.717) is 12.6 Å². The zero-order valence-electron chi connectivity index (χ0n) is 11.0. The molecule has 1 fully saturated rings. The number of benzene rings is 1. The zero-order chi connectivity index (χ0) is 13.0. The first-order valence-corrected chi connectivity index (χ1v) is 6.87. The fraction of sp³-hybridized carbons (Fsp3) is 0.600. The number of phenolic OH excluding ortho intramolecular Hbond substituents is 1. The predicted molar refractivity (Wildman–Crippen MR) is 70.9 cm³/mol. The van der Waals surface area contributed by atoms with E-state index in [-0.39, 0.29) is 11.6 Å². The summed E-state index contributed by atoms with van der Waals surface area (Å²) >= 11 is 0. The summed E-state index contributed by atoms with van der Waals surface area (Å²) in [5.74, 6) is 0.357. The first-order chi connectivity index (χ1) is 8.65. The number of hydrogen-bond donors (Lipinski definition) is 2. The zero-order valence-corrected chi connectivity index (χ0v) is 11.0. The van der Waals surface area contributed by atoms with Gasteiger partial charge in [0.1, 0.15) is 11.6 Å². The van der Waals surface area contributed by atoms with Crippen molar-refractivity contribution in [1.29, 1.82) is 0 Å². The van der Waals surface area contributed by atoms with Gasteiger partial charge in [-0.3, -0.25) is 0 Å². The Morgan fingerprint density at radius 2 is 2.00 bits per heavy atom. The lowest BCUT2D eigenvalue weighted by atomic mass is 9.84. The van der Waals surface area contributed by atoms with E-state index in [1.54, 1.807) is 6.07 Å². The standard InChI is InChI=1S/C15H22FNO/c1-11(13-5-3-2-4-6-13)17-10-12-7-14(16)9-15(18)8-12/h7-9,11,13,17-18H,2-6,10H2,1H3/t11-/m1/s1. The van der Waals surface area contributed by atoms with E-state index < -0.39 is 0 Å². The number of hydrogen-bond acceptors (Lipinski definition) is 2. The van der Waals surface area contributed by atoms with Crippen LogP contribution in [0.1, 0.15) is 44.6 Å². The van der Waals surface area contributed by atoms with Gasteiger partial charge in [0.15, 0.2) is 0 Å². The summed E-state index contributed by atoms with van der Waals surface area (Å²) in [6, 6.07) is 4.67. The van der Waals surface area contributed by atoms with Crippen LogP contribution in [-0.4, -0.2) is 11.1 Å². The van der Waals surface area contributed by atoms with Crippen molar-refractivity contribution in [3.63, 3.8) is 0 Å². The van der Waals surface area contributed by atoms with Crippen LogP contribution in [-0.2, 0) is 6.54 Å². The highest BCUT2D eigenvalue weighted by molar-refractivity contribution is 5.28. The van der Waals surface area contributed by atoms with Crippen molar-refractivity contribution < 1.29 is 9.50 Å². The molecule has 0 radical (unpaired) electrons. The molecule has 0 saturated heterocycles. The second-order valence-electron chi connectivity index (χ2n) is 5.39. The van der Waals surface area contributed by atoms with E-state index in [4.69, 9.17) is 0 Å². The van der Waals surface area contributed by atoms with Crippen LogP contribution in [0.3, 0.4) is 0 Å². The maximum Gasteiger partial charge on any atom is 0.127 e. The predicted octanol–water partition coefficient (Wildman–Crippen LogP) is 3.59. The Morgan fingerprint density at radius 3 is 2.67 bits per heavy atom. The van der Waals surface area contributed by atoms with Gasteiger partial charge in [-0.15, -0.1) is 0 Å². The summed E-state index contributed by atoms with van der Waals surface area (Å²) in [6.07, 6.45) is 6.61. The van der Waals surface area contributed by atoms with Crippen LogP contribution in [0.15, 0.2) is 18.2 Å². The molecule has 0 amide bonds. The van der Waals surface area contributed by atoms with Gasteiger partial charge in [0.25, 0.3) is 0 Å². The van der Waals surface area contributed by atoms with Crippen LogP contribution >= 0.6 is 0 Å². The van der Waals surface area contributed by atoms with Crippen LogP contribution in [0.4, 0.5) is 4.39 Å². The Balaban J connectivity index is 1.86. The fourth-order valence-corrected chi connectivity index (χ4v) is 2.82. The molecule has 100 valence electrons. The highest BCUT2D eigenvalue weighted by atomic mass is 19.1. The molecule has 1 aromatic rings. The van der Waals surface area contributed by atoms with Crippen molar-refractivity contribution in [1.82, 2.24) is 5.32 Å². The summed E-state index contributed by atoms with van der Waals surface area (Å²) in [7, 11) is 0. The molecule has 1 aromatic carbocycles. The fourth-order valence-electron chi connectivity index (χ4n) is 2.82. The third-order valence-corrected chi connectivity index (χ3v) is 3.93. The van der Waals surface area contributed by atoms with Crippen molar-refractivity contribution >= 4 is 0 Å². The number of phenols is 1. The lowest BCUT2D eigenvalue weighted by Crippen LogP contribution is -2.34. The van der Waals surface area contributed by atoms with Gasteiger partial charge < -0.3 is 10.4 Å². The van der Waals surface area contributed by atoms with Gasteiger partial charge in [-0.2, -0.15) is 0 Å². The van der Waals surface area contributed by atoms with Crippen molar-refractivity contribution in [3.8, 4) is 5.75 Å². The van der Waals surface area contributed by atoms with Gasteiger partial charge in [0, 0.05) is 18.7 Å². The monoisotopic (exact) mass is 251 g/mol. The lowest BCUT2D eigenvalue weighted by Gasteiger charge is -2.28. The van der Waals surface area contributed by atoms with Crippen LogP contribution < -0.4 is 5.32 Å². The smallest absolute Gasteiger partial charge is 0.127 e. The van der Waals surface area contributed by atoms with Gasteiger partial charge >= 0.3 is 0 Å². The van der Waals surface area contributed by atoms with E-state index in [1.807, 2.05) is 0 Å². The molecule has 1 saturated carbocycles. The second kappa shape index (κ2) is 6.19. The highest BCUT2D eigenvalue weighted by Crippen LogP contribution is 2.26. The molecule has 0 heterocycles. The number of rotatable bonds is 4. The van der Waals surface area contributed by atoms with Crippen molar-refractivity contribution in [3.05, 3.63) is 29.6 Å². The van der Waals surface area contributed by atoms with Crippen LogP contribution in [0.2, 0.25) is 0 Å². The molecule has 2 N–H and O–H groups in total. The molecule has 0 bridgehead atoms. The summed E-state index contributed by atoms with van der Waals surface area (Å²) in [6.45, 7) is 2.82. The Hall–Kier alpha value is -1.09. The Kier molecular flexibility index (Phi) is 4.59. The SMILES string of the molecule is C[C@@H](NCc1cc(O)cc(F)c1)C1CCCCC1. The molecule has 3 heteroatoms. The maximum atomic E-state index is 13.1. The first-order valence-electron chi connectivity index (χ1n) is 6.87. The van der Waals surface area contributed by atoms with Gasteiger partial charge in [0.2, 0.25) is 0 Å². The van der Waals surface area contributed by atoms with Gasteiger partial charge in [-0.25, -0.2) is 4.39 Å². The molecule has 0 aliphatic heterocycles. The summed E-state index contributed by atoms with van der Waals surface area (Å²) in [4.78, 5) is 0. The van der Waals surface area contributed by atoms with E-state index in [2.05, 4.69) is 12.2 Å². The Bertz CT molecular complexity index is 368. The molecule has 0 aromatic heterocycles. The molecule has 1 atom stereocenters. The quantitative estimate of drug-likeness (QED) is 0.857. The van der Waals surface area contributed by atoms with Gasteiger partial charge in [-0.05, 0) is 43.4 Å². The van der Waals surface area contributed by atoms with Gasteiger partial charge in [0.05, 0.1) is 0 Å². The average Bonchev–Trinajstić information content (AvgIpc) is 2.36. The molecule has 1 aliphatic carbocycles. The van der Waals surface area contributed by atoms with Crippen LogP contribution in [0.25, 0.3) is 0 Å². The van der Waals surface area contributed by atoms with E-state index in [9.17, 15) is 9.50 Å². The third kappa shape index (κ3) is 3.70. The number of nitrogens with one attached hydrogen (secondary N) is 1. The summed E-state index contributed by atoms with van der Waals surface area (Å²) < 4.78 is 13.1. The first kappa shape index (κ1) is 13.3. The minimum absolute atomic E-state index is 0.00267. The van der Waals surface area contributed by atoms with Crippen molar-refractivity contribution in [2.24, 2.45) is 5.92 Å². The minimum Gasteiger partial charge on any atom is -0.508 e. The van der Waals surface area contributed by atoms with Crippen LogP contribution in [0.5, 0.6) is 5.75 Å². The number of aromatic hydroxyl groups is 1. The van der Waals surface area contributed by atoms with Crippen LogP contribution in [0, 0.1) is 11.7 Å². The topological polar surface area (TPSA) is 32.3 Å². The molecule has 0 unspecified atom stereocenters. The average molecular weight is 251 g/mol. The highest BCUT2D eigenvalue weighted by Gasteiger charge is 2.19. The molecular formula is C15H22FNO. The Morgan fingerprint density at radius 1 is 1.28 bits per heavy atom. The van der Waals surface area contributed by atoms with E-state index >= 15 is 0 Å². The van der Waals surface area contributed by atoms with Gasteiger partial charge in [-0.1, -0.05) is 19.3 Å². The molecule has 18 heavy (non-hydrogen) atoms. The summed E-state index contributed by atoms with van der Waals surface area (Å²) in [5.41, 5.74) is 0.801. The minimum atomic E-state index is -0.378. The van der Waals surface area contributed by atoms with Crippen molar-refractivity contribution in [2.45, 2.75) is 51.6 Å². The molecule has 2 rings (SSSR count). The lowest BCUT2D eigenvalue weighted by molar-refractivity contribution is 0.280. The van der Waals surface area contributed by atoms with E-state index in [1.165, 1.54) is 38.2 Å². The Labute approximate surface area is 108 Å². The maximum absolute atomic E-state index is 13.1. The molecular weight excluding hydrogens is 229 g/mol. The third-order valence-electron chi connectivity index (χ3n) is 3.93. The molecule has 0 spiro atoms. The molecule has 2 nitrogen and oxygen atoms in total. The van der Waals surface area contributed by atoms with Crippen molar-refractivity contribution in [2.75, 3.05) is 0 Å². The largest absolute Gasteiger partial charge is 0.508 e. The normalized spacial score (nSPS) is 18.8. The summed E-state index contributed by atoms with van der Waals surface area (Å²) in [5, 5.41) is 12.8. The molecule has 1 aliphatic rings. The number of halogens is 1. The second-order valence-corrected chi connectivity index (χ2v) is 5.39. The van der Waals surface area contributed by atoms with E-state index in [0.717, 1.165) is 17.5 Å².